The smallest absolute Gasteiger partial charge is 0.254 e. The van der Waals surface area contributed by atoms with E-state index in [1.54, 1.807) is 43.3 Å². The van der Waals surface area contributed by atoms with Crippen molar-refractivity contribution in [2.24, 2.45) is 0 Å². The summed E-state index contributed by atoms with van der Waals surface area (Å²) in [5.41, 5.74) is 1.88. The van der Waals surface area contributed by atoms with Crippen molar-refractivity contribution in [3.8, 4) is 11.5 Å². The van der Waals surface area contributed by atoms with Gasteiger partial charge in [-0.25, -0.2) is 0 Å². The lowest BCUT2D eigenvalue weighted by Gasteiger charge is -2.19. The first-order chi connectivity index (χ1) is 12.9. The summed E-state index contributed by atoms with van der Waals surface area (Å²) in [5.74, 6) is 0.484. The number of hydrogen-bond acceptors (Lipinski definition) is 4. The van der Waals surface area contributed by atoms with E-state index < -0.39 is 0 Å². The lowest BCUT2D eigenvalue weighted by molar-refractivity contribution is 0.0784. The molecule has 0 aromatic heterocycles. The van der Waals surface area contributed by atoms with Crippen LogP contribution in [0.15, 0.2) is 36.4 Å². The zero-order chi connectivity index (χ0) is 20.0. The third-order valence-electron chi connectivity index (χ3n) is 3.97. The van der Waals surface area contributed by atoms with Crippen LogP contribution in [0.3, 0.4) is 0 Å². The van der Waals surface area contributed by atoms with Gasteiger partial charge < -0.3 is 19.7 Å². The van der Waals surface area contributed by atoms with Gasteiger partial charge in [-0.05, 0) is 36.8 Å². The molecule has 0 bridgehead atoms. The standard InChI is InChI=1S/C20H23ClN2O4/c1-5-27-18-16(21)10-15(11-17(18)26-4)20(25)23(3)12-13-6-8-14(9-7-13)19(24)22-2/h6-11H,5,12H2,1-4H3,(H,22,24). The molecule has 27 heavy (non-hydrogen) atoms. The summed E-state index contributed by atoms with van der Waals surface area (Å²) >= 11 is 6.25. The molecule has 0 radical (unpaired) electrons. The molecule has 0 fully saturated rings. The molecule has 2 aromatic carbocycles. The van der Waals surface area contributed by atoms with Gasteiger partial charge in [-0.3, -0.25) is 9.59 Å². The van der Waals surface area contributed by atoms with Gasteiger partial charge in [-0.2, -0.15) is 0 Å². The zero-order valence-electron chi connectivity index (χ0n) is 15.8. The van der Waals surface area contributed by atoms with Crippen molar-refractivity contribution in [3.63, 3.8) is 0 Å². The van der Waals surface area contributed by atoms with E-state index >= 15 is 0 Å². The molecule has 2 amide bonds. The number of carbonyl (C=O) groups excluding carboxylic acids is 2. The Morgan fingerprint density at radius 1 is 1.15 bits per heavy atom. The number of ether oxygens (including phenoxy) is 2. The van der Waals surface area contributed by atoms with Crippen molar-refractivity contribution in [1.29, 1.82) is 0 Å². The molecule has 2 rings (SSSR count). The van der Waals surface area contributed by atoms with Crippen LogP contribution in [0.25, 0.3) is 0 Å². The Morgan fingerprint density at radius 2 is 1.81 bits per heavy atom. The van der Waals surface area contributed by atoms with Crippen LogP contribution in [-0.4, -0.2) is 44.5 Å². The molecule has 0 unspecified atom stereocenters. The van der Waals surface area contributed by atoms with E-state index in [-0.39, 0.29) is 11.8 Å². The van der Waals surface area contributed by atoms with E-state index in [2.05, 4.69) is 5.32 Å². The first-order valence-electron chi connectivity index (χ1n) is 8.48. The van der Waals surface area contributed by atoms with Crippen molar-refractivity contribution in [2.75, 3.05) is 27.8 Å². The first kappa shape index (κ1) is 20.6. The quantitative estimate of drug-likeness (QED) is 0.787. The lowest BCUT2D eigenvalue weighted by atomic mass is 10.1. The molecular weight excluding hydrogens is 368 g/mol. The predicted molar refractivity (Wildman–Crippen MR) is 105 cm³/mol. The number of nitrogens with zero attached hydrogens (tertiary/aromatic N) is 1. The van der Waals surface area contributed by atoms with Crippen molar-refractivity contribution in [1.82, 2.24) is 10.2 Å². The number of nitrogens with one attached hydrogen (secondary N) is 1. The number of methoxy groups -OCH3 is 1. The van der Waals surface area contributed by atoms with Crippen LogP contribution in [0.4, 0.5) is 0 Å². The maximum atomic E-state index is 12.8. The van der Waals surface area contributed by atoms with Gasteiger partial charge in [0.15, 0.2) is 11.5 Å². The maximum absolute atomic E-state index is 12.8. The summed E-state index contributed by atoms with van der Waals surface area (Å²) in [5, 5.41) is 2.89. The lowest BCUT2D eigenvalue weighted by Crippen LogP contribution is -2.26. The molecule has 144 valence electrons. The van der Waals surface area contributed by atoms with Crippen LogP contribution in [-0.2, 0) is 6.54 Å². The minimum atomic E-state index is -0.200. The number of amides is 2. The fourth-order valence-electron chi connectivity index (χ4n) is 2.60. The number of halogens is 1. The van der Waals surface area contributed by atoms with Crippen LogP contribution >= 0.6 is 11.6 Å². The molecule has 7 heteroatoms. The van der Waals surface area contributed by atoms with Gasteiger partial charge in [-0.15, -0.1) is 0 Å². The SMILES string of the molecule is CCOc1c(Cl)cc(C(=O)N(C)Cc2ccc(C(=O)NC)cc2)cc1OC. The molecule has 1 N–H and O–H groups in total. The molecule has 0 aliphatic heterocycles. The van der Waals surface area contributed by atoms with Crippen molar-refractivity contribution in [2.45, 2.75) is 13.5 Å². The van der Waals surface area contributed by atoms with Gasteiger partial charge >= 0.3 is 0 Å². The third kappa shape index (κ3) is 4.92. The Labute approximate surface area is 164 Å². The molecule has 0 heterocycles. The van der Waals surface area contributed by atoms with Crippen LogP contribution in [0, 0.1) is 0 Å². The number of rotatable bonds is 7. The Balaban J connectivity index is 2.17. The second kappa shape index (κ2) is 9.28. The molecular formula is C20H23ClN2O4. The van der Waals surface area contributed by atoms with Gasteiger partial charge in [0.1, 0.15) is 0 Å². The third-order valence-corrected chi connectivity index (χ3v) is 4.26. The van der Waals surface area contributed by atoms with E-state index in [0.717, 1.165) is 5.56 Å². The summed E-state index contributed by atoms with van der Waals surface area (Å²) in [4.78, 5) is 25.9. The summed E-state index contributed by atoms with van der Waals surface area (Å²) in [6.45, 7) is 2.67. The molecule has 0 saturated carbocycles. The summed E-state index contributed by atoms with van der Waals surface area (Å²) in [6.07, 6.45) is 0. The normalized spacial score (nSPS) is 10.3. The van der Waals surface area contributed by atoms with Crippen molar-refractivity contribution in [3.05, 3.63) is 58.1 Å². The van der Waals surface area contributed by atoms with Gasteiger partial charge in [0.25, 0.3) is 11.8 Å². The Morgan fingerprint density at radius 3 is 2.37 bits per heavy atom. The minimum absolute atomic E-state index is 0.151. The van der Waals surface area contributed by atoms with E-state index in [1.807, 2.05) is 19.1 Å². The Hall–Kier alpha value is -2.73. The van der Waals surface area contributed by atoms with Crippen LogP contribution in [0.5, 0.6) is 11.5 Å². The van der Waals surface area contributed by atoms with E-state index in [4.69, 9.17) is 21.1 Å². The summed E-state index contributed by atoms with van der Waals surface area (Å²) in [6, 6.07) is 10.3. The molecule has 6 nitrogen and oxygen atoms in total. The Kier molecular flexibility index (Phi) is 7.07. The molecule has 0 spiro atoms. The summed E-state index contributed by atoms with van der Waals surface area (Å²) < 4.78 is 10.8. The van der Waals surface area contributed by atoms with Crippen LogP contribution < -0.4 is 14.8 Å². The summed E-state index contributed by atoms with van der Waals surface area (Å²) in [7, 11) is 4.78. The highest BCUT2D eigenvalue weighted by Crippen LogP contribution is 2.36. The number of hydrogen-bond donors (Lipinski definition) is 1. The van der Waals surface area contributed by atoms with Crippen LogP contribution in [0.2, 0.25) is 5.02 Å². The van der Waals surface area contributed by atoms with Crippen molar-refractivity contribution >= 4 is 23.4 Å². The number of carbonyl (C=O) groups is 2. The maximum Gasteiger partial charge on any atom is 0.254 e. The highest BCUT2D eigenvalue weighted by Gasteiger charge is 2.18. The Bertz CT molecular complexity index is 821. The first-order valence-corrected chi connectivity index (χ1v) is 8.85. The monoisotopic (exact) mass is 390 g/mol. The molecule has 0 saturated heterocycles. The molecule has 0 aliphatic carbocycles. The van der Waals surface area contributed by atoms with Crippen molar-refractivity contribution < 1.29 is 19.1 Å². The number of benzene rings is 2. The second-order valence-electron chi connectivity index (χ2n) is 5.86. The van der Waals surface area contributed by atoms with E-state index in [0.29, 0.717) is 40.8 Å². The molecule has 0 aliphatic rings. The molecule has 0 atom stereocenters. The van der Waals surface area contributed by atoms with Gasteiger partial charge in [0, 0.05) is 31.8 Å². The van der Waals surface area contributed by atoms with E-state index in [9.17, 15) is 9.59 Å². The highest BCUT2D eigenvalue weighted by atomic mass is 35.5. The zero-order valence-corrected chi connectivity index (χ0v) is 16.6. The molecule has 2 aromatic rings. The van der Waals surface area contributed by atoms with Gasteiger partial charge in [0.2, 0.25) is 0 Å². The highest BCUT2D eigenvalue weighted by molar-refractivity contribution is 6.32. The van der Waals surface area contributed by atoms with Gasteiger partial charge in [0.05, 0.1) is 18.7 Å². The van der Waals surface area contributed by atoms with Crippen LogP contribution in [0.1, 0.15) is 33.2 Å². The topological polar surface area (TPSA) is 67.9 Å². The average Bonchev–Trinajstić information content (AvgIpc) is 2.68. The minimum Gasteiger partial charge on any atom is -0.493 e. The fourth-order valence-corrected chi connectivity index (χ4v) is 2.86. The average molecular weight is 391 g/mol. The van der Waals surface area contributed by atoms with E-state index in [1.165, 1.54) is 7.11 Å². The van der Waals surface area contributed by atoms with Gasteiger partial charge in [-0.1, -0.05) is 23.7 Å². The largest absolute Gasteiger partial charge is 0.493 e. The second-order valence-corrected chi connectivity index (χ2v) is 6.27. The fraction of sp³-hybridized carbons (Fsp3) is 0.300. The predicted octanol–water partition coefficient (Wildman–Crippen LogP) is 3.38.